The Hall–Kier alpha value is -3.03. The second-order valence-corrected chi connectivity index (χ2v) is 4.37. The molecule has 8 nitrogen and oxygen atoms in total. The van der Waals surface area contributed by atoms with E-state index in [9.17, 15) is 24.5 Å². The van der Waals surface area contributed by atoms with E-state index in [2.05, 4.69) is 5.32 Å². The maximum absolute atomic E-state index is 12.0. The molecule has 108 valence electrons. The summed E-state index contributed by atoms with van der Waals surface area (Å²) in [5.74, 6) is -1.61. The molecule has 3 amide bonds. The van der Waals surface area contributed by atoms with E-state index in [1.54, 1.807) is 0 Å². The number of nitro groups is 1. The van der Waals surface area contributed by atoms with Crippen LogP contribution in [0.2, 0.25) is 0 Å². The zero-order chi connectivity index (χ0) is 15.6. The average molecular weight is 289 g/mol. The highest BCUT2D eigenvalue weighted by Crippen LogP contribution is 2.15. The van der Waals surface area contributed by atoms with Crippen LogP contribution in [0.5, 0.6) is 0 Å². The molecule has 1 aromatic rings. The van der Waals surface area contributed by atoms with E-state index >= 15 is 0 Å². The second-order valence-electron chi connectivity index (χ2n) is 4.37. The van der Waals surface area contributed by atoms with Gasteiger partial charge in [0, 0.05) is 19.1 Å². The third kappa shape index (κ3) is 3.11. The molecule has 1 fully saturated rings. The first-order chi connectivity index (χ1) is 9.88. The monoisotopic (exact) mass is 289 g/mol. The van der Waals surface area contributed by atoms with Crippen LogP contribution in [-0.2, 0) is 14.4 Å². The van der Waals surface area contributed by atoms with Crippen LogP contribution in [0.3, 0.4) is 0 Å². The van der Waals surface area contributed by atoms with Crippen molar-refractivity contribution in [3.05, 3.63) is 45.6 Å². The number of rotatable bonds is 2. The molecule has 0 spiro atoms. The number of imide groups is 1. The Morgan fingerprint density at radius 1 is 1.33 bits per heavy atom. The third-order valence-electron chi connectivity index (χ3n) is 2.85. The number of nitro benzene ring substituents is 1. The summed E-state index contributed by atoms with van der Waals surface area (Å²) in [6.45, 7) is 0.881. The average Bonchev–Trinajstić information content (AvgIpc) is 2.42. The number of nitrogens with zero attached hydrogens (tertiary/aromatic N) is 2. The summed E-state index contributed by atoms with van der Waals surface area (Å²) in [4.78, 5) is 45.6. The molecule has 0 bridgehead atoms. The largest absolute Gasteiger partial charge is 0.320 e. The summed E-state index contributed by atoms with van der Waals surface area (Å²) >= 11 is 0. The van der Waals surface area contributed by atoms with Crippen LogP contribution >= 0.6 is 0 Å². The molecule has 1 heterocycles. The number of carbonyl (C=O) groups is 3. The second kappa shape index (κ2) is 5.53. The molecule has 0 unspecified atom stereocenters. The Bertz CT molecular complexity index is 663. The van der Waals surface area contributed by atoms with Crippen molar-refractivity contribution in [1.82, 2.24) is 10.2 Å². The molecule has 1 aliphatic rings. The normalized spacial score (nSPS) is 16.8. The minimum atomic E-state index is -0.611. The van der Waals surface area contributed by atoms with E-state index in [1.165, 1.54) is 37.3 Å². The van der Waals surface area contributed by atoms with Crippen LogP contribution in [0.15, 0.2) is 30.0 Å². The number of hydrogen-bond acceptors (Lipinski definition) is 5. The van der Waals surface area contributed by atoms with Crippen molar-refractivity contribution in [3.63, 3.8) is 0 Å². The summed E-state index contributed by atoms with van der Waals surface area (Å²) in [5.41, 5.74) is 0.367. The van der Waals surface area contributed by atoms with Crippen LogP contribution in [0.25, 0.3) is 6.08 Å². The summed E-state index contributed by atoms with van der Waals surface area (Å²) < 4.78 is 0. The van der Waals surface area contributed by atoms with Crippen LogP contribution in [0.4, 0.5) is 5.69 Å². The highest BCUT2D eigenvalue weighted by atomic mass is 16.6. The van der Waals surface area contributed by atoms with E-state index in [0.717, 1.165) is 4.90 Å². The van der Waals surface area contributed by atoms with E-state index in [0.29, 0.717) is 5.56 Å². The van der Waals surface area contributed by atoms with Crippen molar-refractivity contribution in [3.8, 4) is 0 Å². The summed E-state index contributed by atoms with van der Waals surface area (Å²) in [6, 6.07) is 5.45. The number of benzene rings is 1. The van der Waals surface area contributed by atoms with Gasteiger partial charge in [-0.1, -0.05) is 0 Å². The van der Waals surface area contributed by atoms with Crippen LogP contribution in [-0.4, -0.2) is 34.1 Å². The Balaban J connectivity index is 2.30. The molecule has 0 aromatic heterocycles. The van der Waals surface area contributed by atoms with Crippen molar-refractivity contribution >= 4 is 29.5 Å². The van der Waals surface area contributed by atoms with Gasteiger partial charge in [0.1, 0.15) is 12.2 Å². The minimum Gasteiger partial charge on any atom is -0.320 e. The van der Waals surface area contributed by atoms with Crippen LogP contribution < -0.4 is 5.32 Å². The van der Waals surface area contributed by atoms with Gasteiger partial charge in [-0.05, 0) is 23.8 Å². The lowest BCUT2D eigenvalue weighted by atomic mass is 10.1. The van der Waals surface area contributed by atoms with Crippen molar-refractivity contribution in [2.24, 2.45) is 0 Å². The maximum Gasteiger partial charge on any atom is 0.277 e. The first-order valence-corrected chi connectivity index (χ1v) is 5.97. The number of hydrogen-bond donors (Lipinski definition) is 1. The van der Waals surface area contributed by atoms with Gasteiger partial charge in [-0.2, -0.15) is 0 Å². The summed E-state index contributed by atoms with van der Waals surface area (Å²) in [7, 11) is 0. The first kappa shape index (κ1) is 14.4. The fourth-order valence-electron chi connectivity index (χ4n) is 1.82. The standard InChI is InChI=1S/C13H11N3O5/c1-8(17)15-7-12(18)14-11(13(15)19)6-9-2-4-10(5-3-9)16(20)21/h2-6H,7H2,1H3,(H,14,18)/b11-6+. The van der Waals surface area contributed by atoms with E-state index in [-0.39, 0.29) is 17.9 Å². The molecular formula is C13H11N3O5. The van der Waals surface area contributed by atoms with E-state index < -0.39 is 22.6 Å². The molecule has 8 heteroatoms. The molecule has 1 N–H and O–H groups in total. The van der Waals surface area contributed by atoms with Gasteiger partial charge in [0.2, 0.25) is 11.8 Å². The first-order valence-electron chi connectivity index (χ1n) is 5.97. The number of non-ortho nitro benzene ring substituents is 1. The Morgan fingerprint density at radius 3 is 2.48 bits per heavy atom. The van der Waals surface area contributed by atoms with Gasteiger partial charge in [-0.3, -0.25) is 29.4 Å². The van der Waals surface area contributed by atoms with Crippen LogP contribution in [0, 0.1) is 10.1 Å². The predicted octanol–water partition coefficient (Wildman–Crippen LogP) is 0.441. The molecule has 0 radical (unpaired) electrons. The summed E-state index contributed by atoms with van der Waals surface area (Å²) in [6.07, 6.45) is 1.36. The van der Waals surface area contributed by atoms with Crippen molar-refractivity contribution in [2.75, 3.05) is 6.54 Å². The lowest BCUT2D eigenvalue weighted by Crippen LogP contribution is -2.51. The molecular weight excluding hydrogens is 278 g/mol. The number of nitrogens with one attached hydrogen (secondary N) is 1. The van der Waals surface area contributed by atoms with Crippen LogP contribution in [0.1, 0.15) is 12.5 Å². The molecule has 1 saturated heterocycles. The highest BCUT2D eigenvalue weighted by molar-refractivity contribution is 6.12. The van der Waals surface area contributed by atoms with Gasteiger partial charge in [-0.15, -0.1) is 0 Å². The molecule has 1 aromatic carbocycles. The van der Waals surface area contributed by atoms with Gasteiger partial charge in [0.05, 0.1) is 4.92 Å². The Morgan fingerprint density at radius 2 is 1.95 bits per heavy atom. The quantitative estimate of drug-likeness (QED) is 0.482. The Labute approximate surface area is 119 Å². The molecule has 21 heavy (non-hydrogen) atoms. The van der Waals surface area contributed by atoms with Crippen molar-refractivity contribution in [2.45, 2.75) is 6.92 Å². The fraction of sp³-hybridized carbons (Fsp3) is 0.154. The predicted molar refractivity (Wildman–Crippen MR) is 71.6 cm³/mol. The van der Waals surface area contributed by atoms with Gasteiger partial charge in [-0.25, -0.2) is 0 Å². The van der Waals surface area contributed by atoms with E-state index in [1.807, 2.05) is 0 Å². The topological polar surface area (TPSA) is 110 Å². The maximum atomic E-state index is 12.0. The van der Waals surface area contributed by atoms with Gasteiger partial charge >= 0.3 is 0 Å². The molecule has 0 aliphatic carbocycles. The highest BCUT2D eigenvalue weighted by Gasteiger charge is 2.30. The SMILES string of the molecule is CC(=O)N1CC(=O)N/C(=C/c2ccc([N+](=O)[O-])cc2)C1=O. The fourth-order valence-corrected chi connectivity index (χ4v) is 1.82. The molecule has 0 atom stereocenters. The number of amides is 3. The third-order valence-corrected chi connectivity index (χ3v) is 2.85. The zero-order valence-corrected chi connectivity index (χ0v) is 11.0. The molecule has 2 rings (SSSR count). The minimum absolute atomic E-state index is 0.0460. The smallest absolute Gasteiger partial charge is 0.277 e. The van der Waals surface area contributed by atoms with Crippen molar-refractivity contribution < 1.29 is 19.3 Å². The molecule has 0 saturated carbocycles. The zero-order valence-electron chi connectivity index (χ0n) is 11.0. The molecule has 1 aliphatic heterocycles. The summed E-state index contributed by atoms with van der Waals surface area (Å²) in [5, 5.41) is 12.9. The van der Waals surface area contributed by atoms with Crippen molar-refractivity contribution in [1.29, 1.82) is 0 Å². The van der Waals surface area contributed by atoms with Gasteiger partial charge < -0.3 is 5.32 Å². The van der Waals surface area contributed by atoms with Gasteiger partial charge in [0.25, 0.3) is 11.6 Å². The Kier molecular flexibility index (Phi) is 3.79. The lowest BCUT2D eigenvalue weighted by Gasteiger charge is -2.25. The number of carbonyl (C=O) groups excluding carboxylic acids is 3. The van der Waals surface area contributed by atoms with Gasteiger partial charge in [0.15, 0.2) is 0 Å². The number of piperazine rings is 1. The van der Waals surface area contributed by atoms with E-state index in [4.69, 9.17) is 0 Å². The lowest BCUT2D eigenvalue weighted by molar-refractivity contribution is -0.384.